The van der Waals surface area contributed by atoms with Gasteiger partial charge in [-0.3, -0.25) is 19.2 Å². The van der Waals surface area contributed by atoms with Crippen LogP contribution in [-0.4, -0.2) is 134 Å². The van der Waals surface area contributed by atoms with Gasteiger partial charge in [0.25, 0.3) is 0 Å². The molecule has 0 aliphatic rings. The highest BCUT2D eigenvalue weighted by molar-refractivity contribution is 8.00. The lowest BCUT2D eigenvalue weighted by molar-refractivity contribution is -0.147. The number of aliphatic carboxylic acids is 1. The summed E-state index contributed by atoms with van der Waals surface area (Å²) in [5, 5.41) is 17.1. The summed E-state index contributed by atoms with van der Waals surface area (Å²) < 4.78 is 42.8. The highest BCUT2D eigenvalue weighted by Gasteiger charge is 2.37. The number of amides is 4. The molecule has 3 aromatic rings. The van der Waals surface area contributed by atoms with Crippen molar-refractivity contribution in [3.8, 4) is 11.1 Å². The number of rotatable bonds is 29. The Morgan fingerprint density at radius 1 is 0.857 bits per heavy atom. The van der Waals surface area contributed by atoms with Crippen LogP contribution < -0.4 is 21.7 Å². The van der Waals surface area contributed by atoms with E-state index in [0.29, 0.717) is 36.9 Å². The van der Waals surface area contributed by atoms with E-state index < -0.39 is 81.2 Å². The van der Waals surface area contributed by atoms with E-state index in [9.17, 15) is 33.2 Å². The molecule has 3 atom stereocenters. The van der Waals surface area contributed by atoms with Crippen LogP contribution >= 0.6 is 23.5 Å². The molecule has 0 saturated heterocycles. The molecule has 6 N–H and O–H groups in total. The SMILES string of the molecule is CC(C)(C)C(c1cc(-c2cc(F)ccc2F)cn1Cc1ccccc1)N(CCCNC(=O)OCC[Si](C)(C)C)C(=O)CSCCC(=O)NC(CNC(=O)CSCC(N)C(=O)O)C(=O)OCC[Si](C)(C)C. The summed E-state index contributed by atoms with van der Waals surface area (Å²) >= 11 is 2.24. The van der Waals surface area contributed by atoms with E-state index in [2.05, 4.69) is 55.2 Å². The molecule has 0 saturated carbocycles. The number of aromatic nitrogens is 1. The van der Waals surface area contributed by atoms with Gasteiger partial charge in [0, 0.05) is 83.3 Å². The molecule has 1 aromatic heterocycles. The Morgan fingerprint density at radius 2 is 1.51 bits per heavy atom. The van der Waals surface area contributed by atoms with Gasteiger partial charge in [-0.25, -0.2) is 18.4 Å². The van der Waals surface area contributed by atoms with Crippen LogP contribution in [0, 0.1) is 17.0 Å². The van der Waals surface area contributed by atoms with Crippen molar-refractivity contribution in [3.05, 3.63) is 83.7 Å². The number of esters is 1. The highest BCUT2D eigenvalue weighted by atomic mass is 32.2. The minimum atomic E-state index is -1.57. The number of nitrogens with one attached hydrogen (secondary N) is 3. The Labute approximate surface area is 422 Å². The van der Waals surface area contributed by atoms with E-state index in [4.69, 9.17) is 20.3 Å². The number of benzene rings is 2. The van der Waals surface area contributed by atoms with Crippen LogP contribution in [0.5, 0.6) is 0 Å². The van der Waals surface area contributed by atoms with Crippen molar-refractivity contribution in [2.24, 2.45) is 11.1 Å². The van der Waals surface area contributed by atoms with Gasteiger partial charge in [0.1, 0.15) is 23.7 Å². The molecule has 1 heterocycles. The van der Waals surface area contributed by atoms with Gasteiger partial charge in [0.15, 0.2) is 0 Å². The zero-order valence-electron chi connectivity index (χ0n) is 42.2. The first-order valence-corrected chi connectivity index (χ1v) is 33.2. The smallest absolute Gasteiger partial charge is 0.407 e. The van der Waals surface area contributed by atoms with Crippen molar-refractivity contribution in [2.75, 3.05) is 55.9 Å². The number of nitrogens with two attached hydrogens (primary N) is 1. The maximum Gasteiger partial charge on any atom is 0.407 e. The third-order valence-electron chi connectivity index (χ3n) is 10.8. The van der Waals surface area contributed by atoms with Crippen molar-refractivity contribution in [1.29, 1.82) is 0 Å². The second-order valence-corrected chi connectivity index (χ2v) is 34.0. The van der Waals surface area contributed by atoms with Crippen LogP contribution in [0.1, 0.15) is 50.9 Å². The Morgan fingerprint density at radius 3 is 2.14 bits per heavy atom. The van der Waals surface area contributed by atoms with Crippen molar-refractivity contribution in [3.63, 3.8) is 0 Å². The van der Waals surface area contributed by atoms with Crippen molar-refractivity contribution in [1.82, 2.24) is 25.4 Å². The van der Waals surface area contributed by atoms with Crippen LogP contribution in [-0.2, 0) is 40.0 Å². The number of carbonyl (C=O) groups is 6. The molecule has 0 bridgehead atoms. The normalized spacial score (nSPS) is 13.1. The number of hydrogen-bond acceptors (Lipinski definition) is 11. The summed E-state index contributed by atoms with van der Waals surface area (Å²) in [5.74, 6) is -4.32. The van der Waals surface area contributed by atoms with Crippen LogP contribution in [0.4, 0.5) is 13.6 Å². The predicted molar refractivity (Wildman–Crippen MR) is 280 cm³/mol. The van der Waals surface area contributed by atoms with E-state index in [1.54, 1.807) is 17.2 Å². The monoisotopic (exact) mass is 1050 g/mol. The molecule has 0 fully saturated rings. The molecule has 388 valence electrons. The number of alkyl carbamates (subject to hydrolysis) is 1. The Hall–Kier alpha value is -4.71. The number of nitrogens with zero attached hydrogens (tertiary/aromatic N) is 2. The number of carbonyl (C=O) groups excluding carboxylic acids is 5. The molecule has 15 nitrogen and oxygen atoms in total. The topological polar surface area (TPSA) is 211 Å². The largest absolute Gasteiger partial charge is 0.480 e. The lowest BCUT2D eigenvalue weighted by atomic mass is 9.83. The lowest BCUT2D eigenvalue weighted by Crippen LogP contribution is -2.49. The highest BCUT2D eigenvalue weighted by Crippen LogP contribution is 2.41. The number of carboxylic acid groups (broad SMARTS) is 1. The molecule has 0 spiro atoms. The average molecular weight is 1050 g/mol. The first-order chi connectivity index (χ1) is 32.7. The molecule has 0 aliphatic carbocycles. The Balaban J connectivity index is 1.85. The van der Waals surface area contributed by atoms with Crippen molar-refractivity contribution >= 4 is 75.4 Å². The van der Waals surface area contributed by atoms with E-state index >= 15 is 4.39 Å². The van der Waals surface area contributed by atoms with Gasteiger partial charge >= 0.3 is 18.0 Å². The zero-order chi connectivity index (χ0) is 52.2. The summed E-state index contributed by atoms with van der Waals surface area (Å²) in [6.45, 7) is 19.9. The number of ether oxygens (including phenoxy) is 2. The average Bonchev–Trinajstić information content (AvgIpc) is 3.66. The molecule has 3 unspecified atom stereocenters. The van der Waals surface area contributed by atoms with Gasteiger partial charge in [-0.15, -0.1) is 11.8 Å². The van der Waals surface area contributed by atoms with Gasteiger partial charge in [0.05, 0.1) is 30.8 Å². The molecule has 70 heavy (non-hydrogen) atoms. The third-order valence-corrected chi connectivity index (χ3v) is 16.2. The van der Waals surface area contributed by atoms with Crippen LogP contribution in [0.2, 0.25) is 51.4 Å². The minimum absolute atomic E-state index is 0.00355. The van der Waals surface area contributed by atoms with Gasteiger partial charge in [-0.1, -0.05) is 90.4 Å². The first kappa shape index (κ1) is 59.6. The van der Waals surface area contributed by atoms with Crippen LogP contribution in [0.15, 0.2) is 60.8 Å². The lowest BCUT2D eigenvalue weighted by Gasteiger charge is -2.41. The second-order valence-electron chi connectivity index (χ2n) is 20.6. The predicted octanol–water partition coefficient (Wildman–Crippen LogP) is 7.60. The third kappa shape index (κ3) is 22.2. The van der Waals surface area contributed by atoms with E-state index in [0.717, 1.165) is 41.6 Å². The zero-order valence-corrected chi connectivity index (χ0v) is 45.8. The summed E-state index contributed by atoms with van der Waals surface area (Å²) in [4.78, 5) is 79.2. The van der Waals surface area contributed by atoms with E-state index in [1.165, 1.54) is 11.8 Å². The fourth-order valence-corrected chi connectivity index (χ4v) is 10.0. The number of carboxylic acids is 1. The van der Waals surface area contributed by atoms with Crippen molar-refractivity contribution in [2.45, 2.75) is 110 Å². The van der Waals surface area contributed by atoms with E-state index in [-0.39, 0.29) is 67.1 Å². The van der Waals surface area contributed by atoms with Gasteiger partial charge < -0.3 is 45.7 Å². The quantitative estimate of drug-likeness (QED) is 0.0259. The first-order valence-electron chi connectivity index (χ1n) is 23.5. The van der Waals surface area contributed by atoms with Gasteiger partial charge in [-0.05, 0) is 53.8 Å². The maximum atomic E-state index is 15.4. The number of hydrogen-bond donors (Lipinski definition) is 5. The maximum absolute atomic E-state index is 15.4. The fourth-order valence-electron chi connectivity index (χ4n) is 6.99. The molecule has 4 amide bonds. The molecule has 2 aromatic carbocycles. The second kappa shape index (κ2) is 28.4. The van der Waals surface area contributed by atoms with Crippen molar-refractivity contribution < 1.29 is 52.1 Å². The standard InChI is InChI=1S/C49H74F2N6O9S2Si2/c1-49(2,3)45(41-26-35(37-27-36(50)16-17-38(37)51)30-56(41)29-34-14-11-10-12-15-34)57(20-13-19-53-48(64)66-22-25-70(7,8)9)44(60)33-67-23-18-42(58)55-40(47(63)65-21-24-69(4,5)6)28-54-43(59)32-68-31-39(52)46(61)62/h10-12,14-17,26-27,30,39-40,45H,13,18-25,28-29,31-33,52H2,1-9H3,(H,53,64)(H,54,59)(H,55,58)(H,61,62). The molecule has 0 radical (unpaired) electrons. The Kier molecular flexibility index (Phi) is 24.2. The summed E-state index contributed by atoms with van der Waals surface area (Å²) in [5.41, 5.74) is 7.05. The van der Waals surface area contributed by atoms with Crippen LogP contribution in [0.3, 0.4) is 0 Å². The summed E-state index contributed by atoms with van der Waals surface area (Å²) in [7, 11) is -3.00. The summed E-state index contributed by atoms with van der Waals surface area (Å²) in [6.07, 6.45) is 1.50. The molecule has 21 heteroatoms. The number of halogens is 2. The van der Waals surface area contributed by atoms with Gasteiger partial charge in [0.2, 0.25) is 17.7 Å². The molecular weight excluding hydrogens is 975 g/mol. The van der Waals surface area contributed by atoms with E-state index in [1.807, 2.05) is 55.7 Å². The Bertz CT molecular complexity index is 2200. The molecular formula is C49H74F2N6O9S2Si2. The molecule has 3 rings (SSSR count). The van der Waals surface area contributed by atoms with Crippen LogP contribution in [0.25, 0.3) is 11.1 Å². The summed E-state index contributed by atoms with van der Waals surface area (Å²) in [6, 6.07) is 13.3. The fraction of sp³-hybridized carbons (Fsp3) is 0.551. The van der Waals surface area contributed by atoms with Gasteiger partial charge in [-0.2, -0.15) is 11.8 Å². The molecule has 0 aliphatic heterocycles. The number of thioether (sulfide) groups is 2. The minimum Gasteiger partial charge on any atom is -0.480 e.